The predicted molar refractivity (Wildman–Crippen MR) is 80.7 cm³/mol. The van der Waals surface area contributed by atoms with Crippen molar-refractivity contribution in [3.63, 3.8) is 0 Å². The second-order valence-electron chi connectivity index (χ2n) is 5.82. The first-order valence-electron chi connectivity index (χ1n) is 7.27. The molecule has 19 heavy (non-hydrogen) atoms. The molecular formula is C15H22N2OS. The molecule has 1 aliphatic carbocycles. The van der Waals surface area contributed by atoms with Crippen LogP contribution in [0.4, 0.5) is 0 Å². The zero-order valence-corrected chi connectivity index (χ0v) is 12.3. The molecule has 1 unspecified atom stereocenters. The summed E-state index contributed by atoms with van der Waals surface area (Å²) in [5.41, 5.74) is 0.353. The summed E-state index contributed by atoms with van der Waals surface area (Å²) in [4.78, 5) is 4.81. The maximum atomic E-state index is 5.38. The third kappa shape index (κ3) is 3.16. The molecule has 3 rings (SSSR count). The number of rotatable bonds is 3. The highest BCUT2D eigenvalue weighted by atomic mass is 32.2. The Balaban J connectivity index is 1.58. The van der Waals surface area contributed by atoms with E-state index in [2.05, 4.69) is 12.2 Å². The van der Waals surface area contributed by atoms with E-state index in [0.29, 0.717) is 5.54 Å². The van der Waals surface area contributed by atoms with Crippen molar-refractivity contribution in [2.45, 2.75) is 57.0 Å². The smallest absolute Gasteiger partial charge is 0.157 e. The molecule has 1 saturated carbocycles. The number of furan rings is 1. The molecule has 1 saturated heterocycles. The Morgan fingerprint density at radius 2 is 2.26 bits per heavy atom. The van der Waals surface area contributed by atoms with Gasteiger partial charge in [0.25, 0.3) is 0 Å². The summed E-state index contributed by atoms with van der Waals surface area (Å²) in [6, 6.07) is 4.24. The van der Waals surface area contributed by atoms with E-state index in [9.17, 15) is 0 Å². The number of thioether (sulfide) groups is 1. The first-order chi connectivity index (χ1) is 9.26. The van der Waals surface area contributed by atoms with Gasteiger partial charge in [-0.15, -0.1) is 0 Å². The van der Waals surface area contributed by atoms with E-state index in [1.54, 1.807) is 6.26 Å². The maximum absolute atomic E-state index is 5.38. The van der Waals surface area contributed by atoms with Crippen molar-refractivity contribution in [3.05, 3.63) is 24.2 Å². The Bertz CT molecular complexity index is 435. The van der Waals surface area contributed by atoms with Crippen LogP contribution in [-0.2, 0) is 6.42 Å². The van der Waals surface area contributed by atoms with Gasteiger partial charge in [0.15, 0.2) is 5.17 Å². The molecule has 1 atom stereocenters. The van der Waals surface area contributed by atoms with Crippen molar-refractivity contribution in [2.24, 2.45) is 4.99 Å². The Kier molecular flexibility index (Phi) is 3.87. The zero-order valence-electron chi connectivity index (χ0n) is 11.5. The third-order valence-electron chi connectivity index (χ3n) is 4.08. The van der Waals surface area contributed by atoms with Gasteiger partial charge in [-0.2, -0.15) is 0 Å². The van der Waals surface area contributed by atoms with Crippen LogP contribution in [0.5, 0.6) is 0 Å². The molecule has 0 bridgehead atoms. The second kappa shape index (κ2) is 5.61. The minimum absolute atomic E-state index is 0.278. The molecule has 2 fully saturated rings. The van der Waals surface area contributed by atoms with Crippen molar-refractivity contribution in [1.29, 1.82) is 0 Å². The number of nitrogens with one attached hydrogen (secondary N) is 1. The van der Waals surface area contributed by atoms with Gasteiger partial charge in [-0.05, 0) is 31.9 Å². The fourth-order valence-corrected chi connectivity index (χ4v) is 4.36. The molecule has 1 aromatic rings. The van der Waals surface area contributed by atoms with Crippen LogP contribution in [0.2, 0.25) is 0 Å². The summed E-state index contributed by atoms with van der Waals surface area (Å²) in [5.74, 6) is 2.21. The van der Waals surface area contributed by atoms with Crippen LogP contribution in [-0.4, -0.2) is 22.5 Å². The van der Waals surface area contributed by atoms with Crippen LogP contribution in [0.1, 0.15) is 44.8 Å². The zero-order chi connectivity index (χ0) is 13.1. The van der Waals surface area contributed by atoms with Gasteiger partial charge in [-0.25, -0.2) is 0 Å². The molecule has 1 aromatic heterocycles. The largest absolute Gasteiger partial charge is 0.469 e. The molecule has 1 N–H and O–H groups in total. The van der Waals surface area contributed by atoms with Crippen LogP contribution >= 0.6 is 11.8 Å². The maximum Gasteiger partial charge on any atom is 0.157 e. The van der Waals surface area contributed by atoms with Crippen molar-refractivity contribution in [3.8, 4) is 0 Å². The lowest BCUT2D eigenvalue weighted by Gasteiger charge is -2.32. The fraction of sp³-hybridized carbons (Fsp3) is 0.667. The van der Waals surface area contributed by atoms with Gasteiger partial charge in [0.2, 0.25) is 0 Å². The number of aliphatic imine (C=N–C) groups is 1. The van der Waals surface area contributed by atoms with Crippen LogP contribution in [0, 0.1) is 0 Å². The van der Waals surface area contributed by atoms with Crippen molar-refractivity contribution < 1.29 is 4.42 Å². The van der Waals surface area contributed by atoms with E-state index < -0.39 is 0 Å². The molecule has 0 radical (unpaired) electrons. The van der Waals surface area contributed by atoms with Crippen LogP contribution < -0.4 is 5.32 Å². The van der Waals surface area contributed by atoms with Crippen LogP contribution in [0.15, 0.2) is 27.8 Å². The van der Waals surface area contributed by atoms with Crippen LogP contribution in [0.25, 0.3) is 0 Å². The van der Waals surface area contributed by atoms with Gasteiger partial charge in [-0.3, -0.25) is 4.99 Å². The lowest BCUT2D eigenvalue weighted by Crippen LogP contribution is -2.45. The van der Waals surface area contributed by atoms with Crippen LogP contribution in [0.3, 0.4) is 0 Å². The molecular weight excluding hydrogens is 256 g/mol. The lowest BCUT2D eigenvalue weighted by atomic mass is 9.83. The predicted octanol–water partition coefficient (Wildman–Crippen LogP) is 3.61. The number of hydrogen-bond acceptors (Lipinski definition) is 3. The van der Waals surface area contributed by atoms with E-state index in [-0.39, 0.29) is 6.04 Å². The fourth-order valence-electron chi connectivity index (χ4n) is 3.04. The Hall–Kier alpha value is -0.900. The minimum atomic E-state index is 0.278. The average molecular weight is 278 g/mol. The van der Waals surface area contributed by atoms with E-state index in [1.165, 1.54) is 37.9 Å². The molecule has 3 nitrogen and oxygen atoms in total. The van der Waals surface area contributed by atoms with Gasteiger partial charge < -0.3 is 9.73 Å². The second-order valence-corrected chi connectivity index (χ2v) is 6.79. The molecule has 104 valence electrons. The highest BCUT2D eigenvalue weighted by Gasteiger charge is 2.38. The van der Waals surface area contributed by atoms with Crippen molar-refractivity contribution >= 4 is 16.9 Å². The number of nitrogens with zero attached hydrogens (tertiary/aromatic N) is 1. The Labute approximate surface area is 119 Å². The quantitative estimate of drug-likeness (QED) is 0.918. The molecule has 0 amide bonds. The summed E-state index contributed by atoms with van der Waals surface area (Å²) in [5, 5.41) is 4.84. The molecule has 2 heterocycles. The molecule has 2 aliphatic rings. The van der Waals surface area contributed by atoms with E-state index in [0.717, 1.165) is 17.3 Å². The van der Waals surface area contributed by atoms with Gasteiger partial charge >= 0.3 is 0 Å². The Morgan fingerprint density at radius 1 is 1.42 bits per heavy atom. The Morgan fingerprint density at radius 3 is 3.00 bits per heavy atom. The molecule has 0 aromatic carbocycles. The summed E-state index contributed by atoms with van der Waals surface area (Å²) in [6.07, 6.45) is 9.36. The van der Waals surface area contributed by atoms with Crippen molar-refractivity contribution in [2.75, 3.05) is 5.75 Å². The SMILES string of the molecule is CC(Cc1ccco1)N=C1NC2(CCCCC2)CS1. The van der Waals surface area contributed by atoms with E-state index in [1.807, 2.05) is 23.9 Å². The van der Waals surface area contributed by atoms with Gasteiger partial charge in [0.1, 0.15) is 5.76 Å². The number of hydrogen-bond donors (Lipinski definition) is 1. The van der Waals surface area contributed by atoms with Gasteiger partial charge in [0.05, 0.1) is 12.3 Å². The average Bonchev–Trinajstić information content (AvgIpc) is 3.02. The first-order valence-corrected chi connectivity index (χ1v) is 8.26. The lowest BCUT2D eigenvalue weighted by molar-refractivity contribution is 0.303. The number of amidine groups is 1. The topological polar surface area (TPSA) is 37.5 Å². The summed E-state index contributed by atoms with van der Waals surface area (Å²) in [7, 11) is 0. The van der Waals surface area contributed by atoms with E-state index in [4.69, 9.17) is 9.41 Å². The van der Waals surface area contributed by atoms with Gasteiger partial charge in [-0.1, -0.05) is 31.0 Å². The standard InChI is InChI=1S/C15H22N2OS/c1-12(10-13-6-5-9-18-13)16-14-17-15(11-19-14)7-3-2-4-8-15/h5-6,9,12H,2-4,7-8,10-11H2,1H3,(H,16,17). The summed E-state index contributed by atoms with van der Waals surface area (Å²) >= 11 is 1.90. The van der Waals surface area contributed by atoms with Gasteiger partial charge in [0, 0.05) is 17.7 Å². The first kappa shape index (κ1) is 13.1. The minimum Gasteiger partial charge on any atom is -0.469 e. The molecule has 1 spiro atoms. The summed E-state index contributed by atoms with van der Waals surface area (Å²) < 4.78 is 5.38. The summed E-state index contributed by atoms with van der Waals surface area (Å²) in [6.45, 7) is 2.16. The third-order valence-corrected chi connectivity index (χ3v) is 5.26. The van der Waals surface area contributed by atoms with E-state index >= 15 is 0 Å². The highest BCUT2D eigenvalue weighted by Crippen LogP contribution is 2.36. The monoisotopic (exact) mass is 278 g/mol. The molecule has 4 heteroatoms. The van der Waals surface area contributed by atoms with Crippen molar-refractivity contribution in [1.82, 2.24) is 5.32 Å². The highest BCUT2D eigenvalue weighted by molar-refractivity contribution is 8.14. The normalized spacial score (nSPS) is 25.6. The molecule has 1 aliphatic heterocycles.